The van der Waals surface area contributed by atoms with Crippen molar-refractivity contribution in [3.63, 3.8) is 0 Å². The molecule has 0 aliphatic carbocycles. The van der Waals surface area contributed by atoms with Crippen LogP contribution in [0.15, 0.2) is 46.4 Å². The molecule has 0 saturated carbocycles. The van der Waals surface area contributed by atoms with Gasteiger partial charge in [-0.1, -0.05) is 12.1 Å². The smallest absolute Gasteiger partial charge is 0.211 e. The van der Waals surface area contributed by atoms with Gasteiger partial charge >= 0.3 is 0 Å². The number of hydrogen-bond acceptors (Lipinski definition) is 5. The standard InChI is InChI=1S/C11H14N4S/c1-16-9-4-2-8(3-5-9)11(13)14-7-6-10(12)15-11/h2-7,14H,13H2,1H3,(H2,12,15). The van der Waals surface area contributed by atoms with Crippen molar-refractivity contribution in [3.8, 4) is 0 Å². The number of nitrogens with one attached hydrogen (secondary N) is 1. The van der Waals surface area contributed by atoms with E-state index in [0.29, 0.717) is 5.84 Å². The lowest BCUT2D eigenvalue weighted by atomic mass is 10.1. The predicted molar refractivity (Wildman–Crippen MR) is 68.0 cm³/mol. The Morgan fingerprint density at radius 3 is 2.56 bits per heavy atom. The Bertz CT molecular complexity index is 438. The monoisotopic (exact) mass is 234 g/mol. The molecule has 1 aromatic carbocycles. The minimum atomic E-state index is -0.949. The third-order valence-electron chi connectivity index (χ3n) is 2.39. The second-order valence-corrected chi connectivity index (χ2v) is 4.39. The Hall–Kier alpha value is -1.46. The topological polar surface area (TPSA) is 76.4 Å². The second-order valence-electron chi connectivity index (χ2n) is 3.51. The van der Waals surface area contributed by atoms with Gasteiger partial charge in [-0.05, 0) is 24.5 Å². The minimum absolute atomic E-state index is 0.426. The van der Waals surface area contributed by atoms with Crippen molar-refractivity contribution in [2.45, 2.75) is 10.7 Å². The summed E-state index contributed by atoms with van der Waals surface area (Å²) in [6, 6.07) is 7.93. The van der Waals surface area contributed by atoms with Crippen molar-refractivity contribution in [2.24, 2.45) is 16.5 Å². The van der Waals surface area contributed by atoms with Crippen LogP contribution in [-0.4, -0.2) is 12.1 Å². The Kier molecular flexibility index (Phi) is 2.89. The van der Waals surface area contributed by atoms with Crippen LogP contribution in [0.4, 0.5) is 0 Å². The molecular formula is C11H14N4S. The molecule has 1 aromatic rings. The maximum atomic E-state index is 6.13. The summed E-state index contributed by atoms with van der Waals surface area (Å²) in [5.41, 5.74) is 12.7. The van der Waals surface area contributed by atoms with E-state index in [4.69, 9.17) is 11.5 Å². The molecular weight excluding hydrogens is 220 g/mol. The molecule has 16 heavy (non-hydrogen) atoms. The molecule has 5 N–H and O–H groups in total. The molecule has 1 unspecified atom stereocenters. The number of benzene rings is 1. The number of nitrogens with two attached hydrogens (primary N) is 2. The van der Waals surface area contributed by atoms with E-state index >= 15 is 0 Å². The van der Waals surface area contributed by atoms with Crippen molar-refractivity contribution in [1.29, 1.82) is 0 Å². The van der Waals surface area contributed by atoms with Gasteiger partial charge in [0.25, 0.3) is 0 Å². The van der Waals surface area contributed by atoms with Gasteiger partial charge in [0.15, 0.2) is 0 Å². The zero-order valence-corrected chi connectivity index (χ0v) is 9.79. The first-order valence-electron chi connectivity index (χ1n) is 4.87. The number of nitrogens with zero attached hydrogens (tertiary/aromatic N) is 1. The number of aliphatic imine (C=N–C) groups is 1. The fraction of sp³-hybridized carbons (Fsp3) is 0.182. The number of hydrogen-bond donors (Lipinski definition) is 3. The molecule has 5 heteroatoms. The Labute approximate surface area is 98.8 Å². The zero-order valence-electron chi connectivity index (χ0n) is 8.97. The minimum Gasteiger partial charge on any atom is -0.384 e. The van der Waals surface area contributed by atoms with Gasteiger partial charge in [0.05, 0.1) is 0 Å². The van der Waals surface area contributed by atoms with Gasteiger partial charge in [-0.15, -0.1) is 11.8 Å². The lowest BCUT2D eigenvalue weighted by Crippen LogP contribution is -2.49. The maximum absolute atomic E-state index is 6.13. The van der Waals surface area contributed by atoms with E-state index < -0.39 is 5.79 Å². The molecule has 1 atom stereocenters. The van der Waals surface area contributed by atoms with Gasteiger partial charge in [-0.3, -0.25) is 5.73 Å². The molecule has 1 aliphatic heterocycles. The van der Waals surface area contributed by atoms with Crippen LogP contribution in [0.3, 0.4) is 0 Å². The first kappa shape index (κ1) is 11.0. The van der Waals surface area contributed by atoms with Crippen molar-refractivity contribution in [2.75, 3.05) is 6.26 Å². The maximum Gasteiger partial charge on any atom is 0.211 e. The number of amidine groups is 1. The fourth-order valence-corrected chi connectivity index (χ4v) is 1.93. The molecule has 0 fully saturated rings. The van der Waals surface area contributed by atoms with E-state index in [2.05, 4.69) is 10.3 Å². The van der Waals surface area contributed by atoms with Crippen LogP contribution in [-0.2, 0) is 5.79 Å². The average molecular weight is 234 g/mol. The van der Waals surface area contributed by atoms with Crippen LogP contribution in [0.2, 0.25) is 0 Å². The van der Waals surface area contributed by atoms with E-state index in [1.165, 1.54) is 4.90 Å². The van der Waals surface area contributed by atoms with E-state index in [0.717, 1.165) is 5.56 Å². The van der Waals surface area contributed by atoms with Gasteiger partial charge in [0.1, 0.15) is 5.84 Å². The molecule has 2 rings (SSSR count). The molecule has 0 amide bonds. The lowest BCUT2D eigenvalue weighted by Gasteiger charge is -2.28. The SMILES string of the molecule is CSc1ccc(C2(N)N=C(N)C=CN2)cc1. The highest BCUT2D eigenvalue weighted by molar-refractivity contribution is 7.98. The van der Waals surface area contributed by atoms with Crippen LogP contribution in [0.1, 0.15) is 5.56 Å². The Morgan fingerprint density at radius 1 is 1.31 bits per heavy atom. The second kappa shape index (κ2) is 4.19. The van der Waals surface area contributed by atoms with Crippen LogP contribution in [0.5, 0.6) is 0 Å². The zero-order chi connectivity index (χ0) is 11.6. The van der Waals surface area contributed by atoms with Crippen LogP contribution >= 0.6 is 11.8 Å². The molecule has 0 radical (unpaired) electrons. The van der Waals surface area contributed by atoms with Crippen molar-refractivity contribution in [1.82, 2.24) is 5.32 Å². The number of rotatable bonds is 2. The van der Waals surface area contributed by atoms with E-state index in [-0.39, 0.29) is 0 Å². The first-order chi connectivity index (χ1) is 7.64. The van der Waals surface area contributed by atoms with Crippen LogP contribution in [0, 0.1) is 0 Å². The predicted octanol–water partition coefficient (Wildman–Crippen LogP) is 0.952. The summed E-state index contributed by atoms with van der Waals surface area (Å²) in [6.45, 7) is 0. The largest absolute Gasteiger partial charge is 0.384 e. The third-order valence-corrected chi connectivity index (χ3v) is 3.14. The summed E-state index contributed by atoms with van der Waals surface area (Å²) >= 11 is 1.69. The summed E-state index contributed by atoms with van der Waals surface area (Å²) in [7, 11) is 0. The Morgan fingerprint density at radius 2 is 2.00 bits per heavy atom. The van der Waals surface area contributed by atoms with Gasteiger partial charge in [-0.25, -0.2) is 4.99 Å². The molecule has 0 aromatic heterocycles. The summed E-state index contributed by atoms with van der Waals surface area (Å²) in [5, 5.41) is 3.00. The van der Waals surface area contributed by atoms with Gasteiger partial charge in [-0.2, -0.15) is 0 Å². The van der Waals surface area contributed by atoms with Gasteiger partial charge in [0, 0.05) is 16.7 Å². The van der Waals surface area contributed by atoms with E-state index in [1.807, 2.05) is 30.5 Å². The highest BCUT2D eigenvalue weighted by atomic mass is 32.2. The van der Waals surface area contributed by atoms with Gasteiger partial charge in [0.2, 0.25) is 5.79 Å². The van der Waals surface area contributed by atoms with Crippen molar-refractivity contribution >= 4 is 17.6 Å². The molecule has 84 valence electrons. The molecule has 1 aliphatic rings. The first-order valence-corrected chi connectivity index (χ1v) is 6.09. The summed E-state index contributed by atoms with van der Waals surface area (Å²) < 4.78 is 0. The van der Waals surface area contributed by atoms with Crippen molar-refractivity contribution < 1.29 is 0 Å². The molecule has 0 bridgehead atoms. The summed E-state index contributed by atoms with van der Waals surface area (Å²) in [5.74, 6) is -0.523. The normalized spacial score (nSPS) is 23.8. The van der Waals surface area contributed by atoms with Gasteiger partial charge < -0.3 is 11.1 Å². The highest BCUT2D eigenvalue weighted by Gasteiger charge is 2.26. The molecule has 1 heterocycles. The lowest BCUT2D eigenvalue weighted by molar-refractivity contribution is 0.409. The van der Waals surface area contributed by atoms with E-state index in [1.54, 1.807) is 24.0 Å². The van der Waals surface area contributed by atoms with Crippen LogP contribution in [0.25, 0.3) is 0 Å². The van der Waals surface area contributed by atoms with E-state index in [9.17, 15) is 0 Å². The quantitative estimate of drug-likeness (QED) is 0.666. The Balaban J connectivity index is 2.33. The summed E-state index contributed by atoms with van der Waals surface area (Å²) in [4.78, 5) is 5.40. The molecule has 0 saturated heterocycles. The highest BCUT2D eigenvalue weighted by Crippen LogP contribution is 2.22. The molecule has 4 nitrogen and oxygen atoms in total. The van der Waals surface area contributed by atoms with Crippen molar-refractivity contribution in [3.05, 3.63) is 42.1 Å². The molecule has 0 spiro atoms. The summed E-state index contributed by atoms with van der Waals surface area (Å²) in [6.07, 6.45) is 5.43. The van der Waals surface area contributed by atoms with Crippen LogP contribution < -0.4 is 16.8 Å². The number of thioether (sulfide) groups is 1. The average Bonchev–Trinajstić information content (AvgIpc) is 2.29. The fourth-order valence-electron chi connectivity index (χ4n) is 1.52. The third kappa shape index (κ3) is 2.05.